The highest BCUT2D eigenvalue weighted by atomic mass is 19.1. The van der Waals surface area contributed by atoms with Crippen LogP contribution in [0, 0.1) is 5.41 Å². The van der Waals surface area contributed by atoms with Crippen molar-refractivity contribution in [1.29, 1.82) is 0 Å². The molecule has 0 aliphatic heterocycles. The Morgan fingerprint density at radius 2 is 2.45 bits per heavy atom. The third-order valence-electron chi connectivity index (χ3n) is 1.89. The first kappa shape index (κ1) is 7.98. The zero-order chi connectivity index (χ0) is 8.48. The predicted octanol–water partition coefficient (Wildman–Crippen LogP) is 1.29. The molecule has 1 atom stereocenters. The number of allylic oxidation sites excluding steroid dienone is 3. The monoisotopic (exact) mass is 155 g/mol. The smallest absolute Gasteiger partial charge is 0.227 e. The molecule has 11 heavy (non-hydrogen) atoms. The first-order valence-corrected chi connectivity index (χ1v) is 3.39. The third-order valence-corrected chi connectivity index (χ3v) is 1.89. The molecule has 0 spiro atoms. The van der Waals surface area contributed by atoms with E-state index in [1.165, 1.54) is 18.2 Å². The molecule has 0 aromatic rings. The van der Waals surface area contributed by atoms with Crippen LogP contribution >= 0.6 is 0 Å². The molecule has 0 aromatic heterocycles. The highest BCUT2D eigenvalue weighted by molar-refractivity contribution is 5.83. The van der Waals surface area contributed by atoms with Crippen LogP contribution in [0.4, 0.5) is 4.39 Å². The first-order valence-electron chi connectivity index (χ1n) is 3.39. The molecular weight excluding hydrogens is 145 g/mol. The van der Waals surface area contributed by atoms with Crippen LogP contribution in [0.1, 0.15) is 13.3 Å². The molecule has 0 fully saturated rings. The van der Waals surface area contributed by atoms with Gasteiger partial charge in [-0.25, -0.2) is 4.39 Å². The lowest BCUT2D eigenvalue weighted by Crippen LogP contribution is -2.32. The lowest BCUT2D eigenvalue weighted by Gasteiger charge is -2.22. The molecule has 0 heterocycles. The van der Waals surface area contributed by atoms with Crippen molar-refractivity contribution in [2.75, 3.05) is 0 Å². The number of hydrogen-bond donors (Lipinski definition) is 1. The zero-order valence-electron chi connectivity index (χ0n) is 6.30. The van der Waals surface area contributed by atoms with Crippen LogP contribution in [-0.4, -0.2) is 5.91 Å². The maximum absolute atomic E-state index is 12.4. The van der Waals surface area contributed by atoms with Gasteiger partial charge in [-0.15, -0.1) is 0 Å². The fourth-order valence-electron chi connectivity index (χ4n) is 0.892. The van der Waals surface area contributed by atoms with Crippen molar-refractivity contribution in [2.24, 2.45) is 11.1 Å². The first-order chi connectivity index (χ1) is 5.04. The fourth-order valence-corrected chi connectivity index (χ4v) is 0.892. The van der Waals surface area contributed by atoms with E-state index in [1.807, 2.05) is 0 Å². The quantitative estimate of drug-likeness (QED) is 0.609. The second-order valence-electron chi connectivity index (χ2n) is 2.91. The summed E-state index contributed by atoms with van der Waals surface area (Å²) in [5.41, 5.74) is 4.41. The van der Waals surface area contributed by atoms with Gasteiger partial charge in [0.05, 0.1) is 5.41 Å². The Morgan fingerprint density at radius 1 is 1.82 bits per heavy atom. The van der Waals surface area contributed by atoms with Gasteiger partial charge in [0.15, 0.2) is 0 Å². The molecule has 1 rings (SSSR count). The van der Waals surface area contributed by atoms with E-state index < -0.39 is 11.3 Å². The van der Waals surface area contributed by atoms with E-state index in [0.29, 0.717) is 6.42 Å². The van der Waals surface area contributed by atoms with E-state index in [-0.39, 0.29) is 5.83 Å². The lowest BCUT2D eigenvalue weighted by atomic mass is 9.83. The molecule has 1 amide bonds. The summed E-state index contributed by atoms with van der Waals surface area (Å²) in [6, 6.07) is 0. The number of primary amides is 1. The average molecular weight is 155 g/mol. The van der Waals surface area contributed by atoms with Crippen LogP contribution in [0.2, 0.25) is 0 Å². The van der Waals surface area contributed by atoms with E-state index in [4.69, 9.17) is 5.73 Å². The summed E-state index contributed by atoms with van der Waals surface area (Å²) in [4.78, 5) is 10.8. The molecule has 2 N–H and O–H groups in total. The van der Waals surface area contributed by atoms with Crippen molar-refractivity contribution in [3.63, 3.8) is 0 Å². The SMILES string of the molecule is CC1(C(N)=O)C=CC(F)=CC1. The van der Waals surface area contributed by atoms with Crippen LogP contribution < -0.4 is 5.73 Å². The van der Waals surface area contributed by atoms with Crippen LogP contribution in [0.25, 0.3) is 0 Å². The fraction of sp³-hybridized carbons (Fsp3) is 0.375. The standard InChI is InChI=1S/C8H10FNO/c1-8(7(10)11)4-2-6(9)3-5-8/h2-4H,5H2,1H3,(H2,10,11). The lowest BCUT2D eigenvalue weighted by molar-refractivity contribution is -0.124. The second kappa shape index (κ2) is 2.49. The maximum atomic E-state index is 12.4. The van der Waals surface area contributed by atoms with Gasteiger partial charge in [-0.1, -0.05) is 6.08 Å². The molecule has 0 aromatic carbocycles. The van der Waals surface area contributed by atoms with E-state index in [0.717, 1.165) is 0 Å². The van der Waals surface area contributed by atoms with E-state index in [1.54, 1.807) is 6.92 Å². The van der Waals surface area contributed by atoms with E-state index in [9.17, 15) is 9.18 Å². The number of nitrogens with two attached hydrogens (primary N) is 1. The van der Waals surface area contributed by atoms with Gasteiger partial charge in [0.1, 0.15) is 5.83 Å². The Balaban J connectivity index is 2.82. The van der Waals surface area contributed by atoms with Crippen molar-refractivity contribution >= 4 is 5.91 Å². The molecule has 0 saturated heterocycles. The van der Waals surface area contributed by atoms with Gasteiger partial charge < -0.3 is 5.73 Å². The minimum Gasteiger partial charge on any atom is -0.369 e. The van der Waals surface area contributed by atoms with Crippen molar-refractivity contribution in [3.05, 3.63) is 24.1 Å². The van der Waals surface area contributed by atoms with Crippen LogP contribution in [0.15, 0.2) is 24.1 Å². The van der Waals surface area contributed by atoms with Gasteiger partial charge in [0.25, 0.3) is 0 Å². The minimum absolute atomic E-state index is 0.302. The number of rotatable bonds is 1. The van der Waals surface area contributed by atoms with Crippen molar-refractivity contribution in [2.45, 2.75) is 13.3 Å². The number of carbonyl (C=O) groups is 1. The third kappa shape index (κ3) is 1.48. The van der Waals surface area contributed by atoms with Crippen LogP contribution in [0.3, 0.4) is 0 Å². The molecule has 1 aliphatic rings. The summed E-state index contributed by atoms with van der Waals surface area (Å²) >= 11 is 0. The highest BCUT2D eigenvalue weighted by Gasteiger charge is 2.28. The van der Waals surface area contributed by atoms with Gasteiger partial charge in [-0.2, -0.15) is 0 Å². The molecule has 3 heteroatoms. The van der Waals surface area contributed by atoms with Crippen LogP contribution in [-0.2, 0) is 4.79 Å². The number of hydrogen-bond acceptors (Lipinski definition) is 1. The summed E-state index contributed by atoms with van der Waals surface area (Å²) in [7, 11) is 0. The summed E-state index contributed by atoms with van der Waals surface area (Å²) < 4.78 is 12.4. The Bertz CT molecular complexity index is 244. The van der Waals surface area contributed by atoms with Gasteiger partial charge in [0.2, 0.25) is 5.91 Å². The van der Waals surface area contributed by atoms with Gasteiger partial charge >= 0.3 is 0 Å². The van der Waals surface area contributed by atoms with Crippen LogP contribution in [0.5, 0.6) is 0 Å². The highest BCUT2D eigenvalue weighted by Crippen LogP contribution is 2.28. The van der Waals surface area contributed by atoms with Crippen molar-refractivity contribution in [3.8, 4) is 0 Å². The second-order valence-corrected chi connectivity index (χ2v) is 2.91. The average Bonchev–Trinajstić information content (AvgIpc) is 1.95. The zero-order valence-corrected chi connectivity index (χ0v) is 6.30. The Hall–Kier alpha value is -1.12. The largest absolute Gasteiger partial charge is 0.369 e. The van der Waals surface area contributed by atoms with Gasteiger partial charge in [-0.3, -0.25) is 4.79 Å². The summed E-state index contributed by atoms with van der Waals surface area (Å²) in [6.45, 7) is 1.69. The minimum atomic E-state index is -0.699. The van der Waals surface area contributed by atoms with E-state index >= 15 is 0 Å². The molecule has 2 nitrogen and oxygen atoms in total. The number of carbonyl (C=O) groups excluding carboxylic acids is 1. The maximum Gasteiger partial charge on any atom is 0.227 e. The number of halogens is 1. The van der Waals surface area contributed by atoms with E-state index in [2.05, 4.69) is 0 Å². The van der Waals surface area contributed by atoms with Gasteiger partial charge in [0, 0.05) is 0 Å². The summed E-state index contributed by atoms with van der Waals surface area (Å²) in [5, 5.41) is 0. The normalized spacial score (nSPS) is 29.8. The summed E-state index contributed by atoms with van der Waals surface area (Å²) in [6.07, 6.45) is 4.49. The van der Waals surface area contributed by atoms with Gasteiger partial charge in [-0.05, 0) is 25.5 Å². The molecule has 0 saturated carbocycles. The topological polar surface area (TPSA) is 43.1 Å². The molecule has 1 unspecified atom stereocenters. The Labute approximate surface area is 64.6 Å². The van der Waals surface area contributed by atoms with Crippen molar-refractivity contribution in [1.82, 2.24) is 0 Å². The molecule has 60 valence electrons. The summed E-state index contributed by atoms with van der Waals surface area (Å²) in [5.74, 6) is -0.721. The number of amides is 1. The molecule has 0 bridgehead atoms. The predicted molar refractivity (Wildman–Crippen MR) is 40.2 cm³/mol. The molecule has 0 radical (unpaired) electrons. The molecular formula is C8H10FNO. The Morgan fingerprint density at radius 3 is 2.82 bits per heavy atom. The van der Waals surface area contributed by atoms with Crippen molar-refractivity contribution < 1.29 is 9.18 Å². The molecule has 1 aliphatic carbocycles. The Kier molecular flexibility index (Phi) is 1.81.